The van der Waals surface area contributed by atoms with E-state index in [4.69, 9.17) is 0 Å². The van der Waals surface area contributed by atoms with Crippen molar-refractivity contribution in [2.24, 2.45) is 0 Å². The van der Waals surface area contributed by atoms with Crippen LogP contribution in [0.3, 0.4) is 0 Å². The van der Waals surface area contributed by atoms with Gasteiger partial charge in [-0.05, 0) is 0 Å². The zero-order chi connectivity index (χ0) is 4.28. The molecule has 0 spiro atoms. The second-order valence-electron chi connectivity index (χ2n) is 0.608. The van der Waals surface area contributed by atoms with Crippen molar-refractivity contribution >= 4 is 25.3 Å². The van der Waals surface area contributed by atoms with Gasteiger partial charge >= 0.3 is 37.7 Å². The predicted octanol–water partition coefficient (Wildman–Crippen LogP) is -5.05. The van der Waals surface area contributed by atoms with Gasteiger partial charge in [-0.1, -0.05) is 6.92 Å². The van der Waals surface area contributed by atoms with Gasteiger partial charge in [0.25, 0.3) is 0 Å². The smallest absolute Gasteiger partial charge is 0.808 e. The molecular formula is C3H4Li2S2. The molecule has 0 saturated heterocycles. The van der Waals surface area contributed by atoms with E-state index in [1.807, 2.05) is 6.92 Å². The largest absolute Gasteiger partial charge is 1.00 e. The second-order valence-corrected chi connectivity index (χ2v) is 1.75. The van der Waals surface area contributed by atoms with Crippen LogP contribution in [0.4, 0.5) is 0 Å². The SMILES string of the molecule is CC=C([S-])[S-].[Li+].[Li+]. The van der Waals surface area contributed by atoms with Crippen LogP contribution in [0.2, 0.25) is 0 Å². The molecule has 0 radical (unpaired) electrons. The van der Waals surface area contributed by atoms with Gasteiger partial charge in [-0.25, -0.2) is 0 Å². The standard InChI is InChI=1S/C3H6S2.2Li/c1-2-3(4)5;;/h2,4-5H,1H3;;/q;2*+1/p-2. The van der Waals surface area contributed by atoms with Crippen LogP contribution in [-0.4, -0.2) is 0 Å². The summed E-state index contributed by atoms with van der Waals surface area (Å²) in [7, 11) is 0. The molecular weight excluding hydrogens is 114 g/mol. The number of rotatable bonds is 0. The van der Waals surface area contributed by atoms with E-state index < -0.39 is 0 Å². The minimum Gasteiger partial charge on any atom is -0.808 e. The number of hydrogen-bond acceptors (Lipinski definition) is 2. The zero-order valence-electron chi connectivity index (χ0n) is 4.89. The van der Waals surface area contributed by atoms with Crippen molar-refractivity contribution < 1.29 is 37.7 Å². The van der Waals surface area contributed by atoms with Gasteiger partial charge in [0.1, 0.15) is 0 Å². The summed E-state index contributed by atoms with van der Waals surface area (Å²) in [5.74, 6) is 0. The van der Waals surface area contributed by atoms with Gasteiger partial charge in [-0.3, -0.25) is 0 Å². The third-order valence-corrected chi connectivity index (χ3v) is 0.707. The zero-order valence-corrected chi connectivity index (χ0v) is 6.53. The fourth-order valence-electron chi connectivity index (χ4n) is 0. The average molecular weight is 118 g/mol. The van der Waals surface area contributed by atoms with Crippen LogP contribution >= 0.6 is 0 Å². The second kappa shape index (κ2) is 10.4. The Kier molecular flexibility index (Phi) is 23.4. The summed E-state index contributed by atoms with van der Waals surface area (Å²) in [5.41, 5.74) is 0. The summed E-state index contributed by atoms with van der Waals surface area (Å²) in [4.78, 5) is 0. The Morgan fingerprint density at radius 3 is 1.43 bits per heavy atom. The molecule has 0 rings (SSSR count). The summed E-state index contributed by atoms with van der Waals surface area (Å²) >= 11 is 8.91. The van der Waals surface area contributed by atoms with E-state index in [1.54, 1.807) is 6.08 Å². The fourth-order valence-corrected chi connectivity index (χ4v) is 0. The van der Waals surface area contributed by atoms with Crippen LogP contribution in [0, 0.1) is 0 Å². The minimum atomic E-state index is 0. The summed E-state index contributed by atoms with van der Waals surface area (Å²) in [5, 5.41) is 0. The molecule has 0 aliphatic rings. The molecule has 0 aromatic rings. The Hall–Kier alpha value is 1.37. The first-order valence-electron chi connectivity index (χ1n) is 1.27. The molecule has 0 unspecified atom stereocenters. The number of allylic oxidation sites excluding steroid dienone is 1. The molecule has 7 heavy (non-hydrogen) atoms. The predicted molar refractivity (Wildman–Crippen MR) is 28.5 cm³/mol. The summed E-state index contributed by atoms with van der Waals surface area (Å²) in [6.07, 6.45) is 1.71. The molecule has 0 bridgehead atoms. The maximum absolute atomic E-state index is 4.46. The Labute approximate surface area is 79.7 Å². The minimum absolute atomic E-state index is 0. The van der Waals surface area contributed by atoms with Crippen LogP contribution in [0.1, 0.15) is 6.92 Å². The molecule has 0 aliphatic heterocycles. The molecule has 4 heteroatoms. The molecule has 0 heterocycles. The van der Waals surface area contributed by atoms with E-state index in [0.29, 0.717) is 4.24 Å². The first kappa shape index (κ1) is 15.8. The maximum Gasteiger partial charge on any atom is 1.00 e. The van der Waals surface area contributed by atoms with Gasteiger partial charge in [0.05, 0.1) is 0 Å². The van der Waals surface area contributed by atoms with E-state index in [1.165, 1.54) is 0 Å². The Morgan fingerprint density at radius 2 is 1.43 bits per heavy atom. The Balaban J connectivity index is -0.0000000800. The Morgan fingerprint density at radius 1 is 1.29 bits per heavy atom. The third-order valence-electron chi connectivity index (χ3n) is 0.236. The first-order chi connectivity index (χ1) is 2.27. The van der Waals surface area contributed by atoms with Crippen molar-refractivity contribution in [1.82, 2.24) is 0 Å². The van der Waals surface area contributed by atoms with Gasteiger partial charge in [-0.2, -0.15) is 0 Å². The quantitative estimate of drug-likeness (QED) is 0.231. The first-order valence-corrected chi connectivity index (χ1v) is 2.09. The maximum atomic E-state index is 4.46. The van der Waals surface area contributed by atoms with E-state index in [-0.39, 0.29) is 37.7 Å². The third kappa shape index (κ3) is 18.7. The summed E-state index contributed by atoms with van der Waals surface area (Å²) in [6, 6.07) is 0. The summed E-state index contributed by atoms with van der Waals surface area (Å²) < 4.78 is 0.546. The van der Waals surface area contributed by atoms with Crippen molar-refractivity contribution in [2.45, 2.75) is 6.92 Å². The number of hydrogen-bond donors (Lipinski definition) is 0. The van der Waals surface area contributed by atoms with Gasteiger partial charge in [0.2, 0.25) is 0 Å². The van der Waals surface area contributed by atoms with Gasteiger partial charge in [0, 0.05) is 0 Å². The Bertz CT molecular complexity index is 48.9. The molecule has 0 saturated carbocycles. The van der Waals surface area contributed by atoms with Gasteiger partial charge in [-0.15, -0.1) is 6.08 Å². The van der Waals surface area contributed by atoms with Gasteiger partial charge in [0.15, 0.2) is 0 Å². The molecule has 0 atom stereocenters. The van der Waals surface area contributed by atoms with Crippen LogP contribution < -0.4 is 37.7 Å². The average Bonchev–Trinajstić information content (AvgIpc) is 1.38. The molecule has 0 aromatic carbocycles. The topological polar surface area (TPSA) is 0 Å². The normalized spacial score (nSPS) is 4.71. The van der Waals surface area contributed by atoms with Gasteiger partial charge < -0.3 is 29.5 Å². The molecule has 0 fully saturated rings. The fraction of sp³-hybridized carbons (Fsp3) is 0.333. The molecule has 30 valence electrons. The van der Waals surface area contributed by atoms with Crippen molar-refractivity contribution in [1.29, 1.82) is 0 Å². The molecule has 0 aromatic heterocycles. The monoisotopic (exact) mass is 118 g/mol. The van der Waals surface area contributed by atoms with E-state index in [0.717, 1.165) is 0 Å². The molecule has 0 nitrogen and oxygen atoms in total. The van der Waals surface area contributed by atoms with E-state index in [9.17, 15) is 0 Å². The molecule has 0 amide bonds. The molecule has 0 aliphatic carbocycles. The van der Waals surface area contributed by atoms with Crippen molar-refractivity contribution in [3.8, 4) is 0 Å². The van der Waals surface area contributed by atoms with Crippen LogP contribution in [0.5, 0.6) is 0 Å². The van der Waals surface area contributed by atoms with Crippen LogP contribution in [0.15, 0.2) is 10.3 Å². The summed E-state index contributed by atoms with van der Waals surface area (Å²) in [6.45, 7) is 1.83. The van der Waals surface area contributed by atoms with Crippen molar-refractivity contribution in [3.63, 3.8) is 0 Å². The van der Waals surface area contributed by atoms with Crippen LogP contribution in [0.25, 0.3) is 0 Å². The van der Waals surface area contributed by atoms with E-state index in [2.05, 4.69) is 25.3 Å². The molecule has 0 N–H and O–H groups in total. The van der Waals surface area contributed by atoms with Crippen molar-refractivity contribution in [2.75, 3.05) is 0 Å². The van der Waals surface area contributed by atoms with Crippen molar-refractivity contribution in [3.05, 3.63) is 10.3 Å². The van der Waals surface area contributed by atoms with E-state index >= 15 is 0 Å². The van der Waals surface area contributed by atoms with Crippen LogP contribution in [-0.2, 0) is 25.3 Å².